The van der Waals surface area contributed by atoms with Crippen molar-refractivity contribution in [1.29, 1.82) is 0 Å². The second-order valence-electron chi connectivity index (χ2n) is 6.38. The summed E-state index contributed by atoms with van der Waals surface area (Å²) in [5, 5.41) is 18.4. The first-order chi connectivity index (χ1) is 15.5. The molecular weight excluding hydrogens is 450 g/mol. The van der Waals surface area contributed by atoms with E-state index in [4.69, 9.17) is 16.3 Å². The van der Waals surface area contributed by atoms with Crippen molar-refractivity contribution in [2.75, 3.05) is 6.61 Å². The number of hydrazone groups is 1. The van der Waals surface area contributed by atoms with Gasteiger partial charge in [0.15, 0.2) is 11.5 Å². The van der Waals surface area contributed by atoms with Crippen LogP contribution in [0.4, 0.5) is 0 Å². The predicted molar refractivity (Wildman–Crippen MR) is 126 cm³/mol. The number of phenolic OH excluding ortho intramolecular Hbond substituents is 1. The smallest absolute Gasteiger partial charge is 0.287 e. The van der Waals surface area contributed by atoms with Gasteiger partial charge in [0.25, 0.3) is 11.8 Å². The molecule has 0 spiro atoms. The maximum absolute atomic E-state index is 12.7. The zero-order valence-electron chi connectivity index (χ0n) is 17.0. The number of phenols is 1. The fourth-order valence-electron chi connectivity index (χ4n) is 2.62. The zero-order valence-corrected chi connectivity index (χ0v) is 18.6. The van der Waals surface area contributed by atoms with Crippen LogP contribution in [0.2, 0.25) is 5.02 Å². The van der Waals surface area contributed by atoms with Crippen molar-refractivity contribution in [2.24, 2.45) is 5.10 Å². The van der Waals surface area contributed by atoms with Crippen LogP contribution in [0, 0.1) is 0 Å². The molecule has 1 heterocycles. The molecule has 0 aliphatic carbocycles. The Morgan fingerprint density at radius 3 is 2.66 bits per heavy atom. The first kappa shape index (κ1) is 23.1. The largest absolute Gasteiger partial charge is 0.503 e. The monoisotopic (exact) mass is 469 g/mol. The Hall–Kier alpha value is -3.62. The lowest BCUT2D eigenvalue weighted by Gasteiger charge is -2.09. The molecule has 0 fully saturated rings. The molecule has 0 saturated carbocycles. The lowest BCUT2D eigenvalue weighted by Crippen LogP contribution is -2.32. The van der Waals surface area contributed by atoms with Gasteiger partial charge in [0, 0.05) is 10.4 Å². The van der Waals surface area contributed by atoms with Gasteiger partial charge in [-0.05, 0) is 54.3 Å². The highest BCUT2D eigenvalue weighted by Crippen LogP contribution is 2.34. The number of ether oxygens (including phenoxy) is 1. The minimum Gasteiger partial charge on any atom is -0.503 e. The molecule has 0 unspecified atom stereocenters. The van der Waals surface area contributed by atoms with E-state index in [1.807, 2.05) is 17.5 Å². The van der Waals surface area contributed by atoms with Gasteiger partial charge in [-0.2, -0.15) is 5.10 Å². The number of nitrogens with zero attached hydrogens (tertiary/aromatic N) is 1. The highest BCUT2D eigenvalue weighted by atomic mass is 35.5. The van der Waals surface area contributed by atoms with Crippen molar-refractivity contribution >= 4 is 47.0 Å². The number of nitrogens with one attached hydrogen (secondary N) is 2. The van der Waals surface area contributed by atoms with Crippen LogP contribution in [0.5, 0.6) is 11.5 Å². The molecule has 0 atom stereocenters. The Kier molecular flexibility index (Phi) is 8.02. The number of halogens is 1. The van der Waals surface area contributed by atoms with E-state index in [1.54, 1.807) is 49.4 Å². The summed E-state index contributed by atoms with van der Waals surface area (Å²) in [4.78, 5) is 26.0. The Morgan fingerprint density at radius 2 is 1.97 bits per heavy atom. The van der Waals surface area contributed by atoms with Gasteiger partial charge < -0.3 is 15.2 Å². The summed E-state index contributed by atoms with van der Waals surface area (Å²) in [5.41, 5.74) is 3.36. The van der Waals surface area contributed by atoms with Crippen LogP contribution in [-0.2, 0) is 4.79 Å². The summed E-state index contributed by atoms with van der Waals surface area (Å²) in [7, 11) is 0. The third kappa shape index (κ3) is 6.19. The van der Waals surface area contributed by atoms with Gasteiger partial charge in [0.05, 0.1) is 17.8 Å². The number of benzene rings is 2. The molecule has 3 rings (SSSR count). The van der Waals surface area contributed by atoms with E-state index in [-0.39, 0.29) is 22.2 Å². The van der Waals surface area contributed by atoms with Gasteiger partial charge in [0.2, 0.25) is 0 Å². The molecule has 0 saturated heterocycles. The molecule has 164 valence electrons. The molecule has 3 N–H and O–H groups in total. The van der Waals surface area contributed by atoms with E-state index in [0.29, 0.717) is 17.7 Å². The summed E-state index contributed by atoms with van der Waals surface area (Å²) in [5.74, 6) is -0.978. The number of rotatable bonds is 8. The van der Waals surface area contributed by atoms with E-state index >= 15 is 0 Å². The van der Waals surface area contributed by atoms with Gasteiger partial charge in [-0.3, -0.25) is 9.59 Å². The average molecular weight is 470 g/mol. The molecule has 0 radical (unpaired) electrons. The highest BCUT2D eigenvalue weighted by molar-refractivity contribution is 7.10. The topological polar surface area (TPSA) is 100 Å². The number of carbonyl (C=O) groups excluding carboxylic acids is 2. The van der Waals surface area contributed by atoms with Crippen LogP contribution >= 0.6 is 22.9 Å². The third-order valence-electron chi connectivity index (χ3n) is 4.09. The van der Waals surface area contributed by atoms with Gasteiger partial charge >= 0.3 is 0 Å². The van der Waals surface area contributed by atoms with Crippen LogP contribution in [-0.4, -0.2) is 29.7 Å². The summed E-state index contributed by atoms with van der Waals surface area (Å²) in [6.45, 7) is 2.12. The lowest BCUT2D eigenvalue weighted by atomic mass is 10.2. The van der Waals surface area contributed by atoms with Crippen molar-refractivity contribution in [3.63, 3.8) is 0 Å². The number of carbonyl (C=O) groups is 2. The van der Waals surface area contributed by atoms with E-state index in [2.05, 4.69) is 15.8 Å². The average Bonchev–Trinajstić information content (AvgIpc) is 3.30. The van der Waals surface area contributed by atoms with Crippen LogP contribution in [0.3, 0.4) is 0 Å². The lowest BCUT2D eigenvalue weighted by molar-refractivity contribution is -0.117. The van der Waals surface area contributed by atoms with Crippen LogP contribution < -0.4 is 15.5 Å². The summed E-state index contributed by atoms with van der Waals surface area (Å²) in [6.07, 6.45) is 2.93. The Balaban J connectivity index is 1.76. The molecule has 9 heteroatoms. The summed E-state index contributed by atoms with van der Waals surface area (Å²) < 4.78 is 5.33. The molecule has 2 aromatic carbocycles. The third-order valence-corrected chi connectivity index (χ3v) is 5.20. The molecule has 7 nitrogen and oxygen atoms in total. The summed E-state index contributed by atoms with van der Waals surface area (Å²) in [6, 6.07) is 15.3. The normalized spacial score (nSPS) is 11.4. The number of aromatic hydroxyl groups is 1. The molecule has 2 amide bonds. The summed E-state index contributed by atoms with van der Waals surface area (Å²) >= 11 is 7.43. The number of thiophene rings is 1. The second kappa shape index (κ2) is 11.1. The maximum atomic E-state index is 12.7. The van der Waals surface area contributed by atoms with E-state index in [9.17, 15) is 14.7 Å². The molecule has 1 aromatic heterocycles. The molecule has 0 bridgehead atoms. The number of hydrogen-bond donors (Lipinski definition) is 3. The first-order valence-corrected chi connectivity index (χ1v) is 10.8. The molecule has 32 heavy (non-hydrogen) atoms. The maximum Gasteiger partial charge on any atom is 0.287 e. The van der Waals surface area contributed by atoms with Crippen LogP contribution in [0.25, 0.3) is 6.08 Å². The quantitative estimate of drug-likeness (QED) is 0.258. The van der Waals surface area contributed by atoms with E-state index < -0.39 is 11.8 Å². The minimum absolute atomic E-state index is 0.0391. The molecule has 0 aliphatic rings. The SMILES string of the molecule is CCOc1cc(/C=N/NC(=O)C(=Cc2cccs2)NC(=O)c2ccccc2)cc(Cl)c1O. The molecular formula is C23H20ClN3O4S. The number of amides is 2. The Morgan fingerprint density at radius 1 is 1.19 bits per heavy atom. The highest BCUT2D eigenvalue weighted by Gasteiger charge is 2.15. The van der Waals surface area contributed by atoms with Gasteiger partial charge in [-0.25, -0.2) is 5.43 Å². The van der Waals surface area contributed by atoms with Crippen LogP contribution in [0.1, 0.15) is 27.7 Å². The predicted octanol–water partition coefficient (Wildman–Crippen LogP) is 4.43. The van der Waals surface area contributed by atoms with Crippen molar-refractivity contribution in [3.05, 3.63) is 86.7 Å². The van der Waals surface area contributed by atoms with Crippen molar-refractivity contribution < 1.29 is 19.4 Å². The van der Waals surface area contributed by atoms with Gasteiger partial charge in [-0.1, -0.05) is 35.9 Å². The van der Waals surface area contributed by atoms with Crippen molar-refractivity contribution in [1.82, 2.24) is 10.7 Å². The Labute approximate surface area is 194 Å². The van der Waals surface area contributed by atoms with E-state index in [1.165, 1.54) is 23.6 Å². The minimum atomic E-state index is -0.603. The van der Waals surface area contributed by atoms with Gasteiger partial charge in [0.1, 0.15) is 5.70 Å². The van der Waals surface area contributed by atoms with E-state index in [0.717, 1.165) is 4.88 Å². The fourth-order valence-corrected chi connectivity index (χ4v) is 3.49. The zero-order chi connectivity index (χ0) is 22.9. The number of hydrogen-bond acceptors (Lipinski definition) is 6. The molecule has 0 aliphatic heterocycles. The van der Waals surface area contributed by atoms with Crippen molar-refractivity contribution in [2.45, 2.75) is 6.92 Å². The Bertz CT molecular complexity index is 1150. The van der Waals surface area contributed by atoms with Crippen molar-refractivity contribution in [3.8, 4) is 11.5 Å². The first-order valence-electron chi connectivity index (χ1n) is 9.58. The fraction of sp³-hybridized carbons (Fsp3) is 0.0870. The van der Waals surface area contributed by atoms with Crippen LogP contribution in [0.15, 0.2) is 70.8 Å². The molecule has 3 aromatic rings. The van der Waals surface area contributed by atoms with Gasteiger partial charge in [-0.15, -0.1) is 11.3 Å². The standard InChI is InChI=1S/C23H20ClN3O4S/c1-2-31-20-12-15(11-18(24)21(20)28)14-25-27-23(30)19(13-17-9-6-10-32-17)26-22(29)16-7-4-3-5-8-16/h3-14,28H,2H2,1H3,(H,26,29)(H,27,30)/b19-13?,25-14+. The second-order valence-corrected chi connectivity index (χ2v) is 7.76.